The van der Waals surface area contributed by atoms with Gasteiger partial charge in [0.15, 0.2) is 0 Å². The standard InChI is InChI=1S/C25H23F4N5O2/c1-4-24(36,25(27,28)29)22-14-34(32-31-22)13-15-5-10-18-19(16-6-8-17(26)9-7-16)12-21(23(35)33(2)3)30-20(18)11-15/h5-12,14,36H,4,13H2,1-3H3/t24-/m1/s1. The fraction of sp³-hybridized carbons (Fsp3) is 0.280. The van der Waals surface area contributed by atoms with E-state index in [-0.39, 0.29) is 18.1 Å². The van der Waals surface area contributed by atoms with Crippen LogP contribution in [0.1, 0.15) is 35.1 Å². The smallest absolute Gasteiger partial charge is 0.375 e. The maximum Gasteiger partial charge on any atom is 0.423 e. The summed E-state index contributed by atoms with van der Waals surface area (Å²) in [6, 6.07) is 12.7. The van der Waals surface area contributed by atoms with Crippen LogP contribution in [0, 0.1) is 5.82 Å². The number of alkyl halides is 3. The zero-order valence-electron chi connectivity index (χ0n) is 19.7. The lowest BCUT2D eigenvalue weighted by molar-refractivity contribution is -0.269. The molecule has 7 nitrogen and oxygen atoms in total. The molecule has 4 rings (SSSR count). The van der Waals surface area contributed by atoms with Crippen LogP contribution in [-0.4, -0.2) is 56.2 Å². The van der Waals surface area contributed by atoms with Gasteiger partial charge in [-0.1, -0.05) is 36.4 Å². The highest BCUT2D eigenvalue weighted by Crippen LogP contribution is 2.40. The van der Waals surface area contributed by atoms with Gasteiger partial charge in [-0.25, -0.2) is 14.1 Å². The molecule has 1 atom stereocenters. The maximum atomic E-state index is 13.5. The molecule has 11 heteroatoms. The summed E-state index contributed by atoms with van der Waals surface area (Å²) < 4.78 is 54.8. The topological polar surface area (TPSA) is 84.1 Å². The average Bonchev–Trinajstić information content (AvgIpc) is 3.30. The Labute approximate surface area is 204 Å². The number of hydrogen-bond acceptors (Lipinski definition) is 5. The number of nitrogens with zero attached hydrogens (tertiary/aromatic N) is 5. The summed E-state index contributed by atoms with van der Waals surface area (Å²) in [5.41, 5.74) is -1.02. The minimum absolute atomic E-state index is 0.0556. The van der Waals surface area contributed by atoms with Gasteiger partial charge in [-0.3, -0.25) is 4.79 Å². The Kier molecular flexibility index (Phi) is 6.52. The van der Waals surface area contributed by atoms with Crippen molar-refractivity contribution in [2.75, 3.05) is 14.1 Å². The Bertz CT molecular complexity index is 1420. The normalized spacial score (nSPS) is 13.6. The number of hydrogen-bond donors (Lipinski definition) is 1. The van der Waals surface area contributed by atoms with Crippen molar-refractivity contribution in [3.63, 3.8) is 0 Å². The molecule has 0 aliphatic rings. The Morgan fingerprint density at radius 2 is 1.78 bits per heavy atom. The van der Waals surface area contributed by atoms with Crippen molar-refractivity contribution in [1.29, 1.82) is 0 Å². The van der Waals surface area contributed by atoms with Gasteiger partial charge in [-0.2, -0.15) is 13.2 Å². The van der Waals surface area contributed by atoms with Crippen molar-refractivity contribution < 1.29 is 27.5 Å². The SMILES string of the molecule is CC[C@@](O)(c1cn(Cc2ccc3c(-c4ccc(F)cc4)cc(C(=O)N(C)C)nc3c2)nn1)C(F)(F)F. The van der Waals surface area contributed by atoms with Crippen LogP contribution in [0.2, 0.25) is 0 Å². The molecule has 0 radical (unpaired) electrons. The summed E-state index contributed by atoms with van der Waals surface area (Å²) in [5, 5.41) is 18.1. The summed E-state index contributed by atoms with van der Waals surface area (Å²) in [4.78, 5) is 18.6. The molecule has 2 heterocycles. The number of pyridine rings is 1. The fourth-order valence-electron chi connectivity index (χ4n) is 3.86. The Hall–Kier alpha value is -3.86. The van der Waals surface area contributed by atoms with Crippen LogP contribution in [0.15, 0.2) is 54.7 Å². The summed E-state index contributed by atoms with van der Waals surface area (Å²) in [6.07, 6.45) is -4.45. The highest BCUT2D eigenvalue weighted by atomic mass is 19.4. The van der Waals surface area contributed by atoms with E-state index in [2.05, 4.69) is 15.3 Å². The largest absolute Gasteiger partial charge is 0.423 e. The molecule has 2 aromatic carbocycles. The van der Waals surface area contributed by atoms with Crippen LogP contribution in [0.5, 0.6) is 0 Å². The predicted molar refractivity (Wildman–Crippen MR) is 125 cm³/mol. The summed E-state index contributed by atoms with van der Waals surface area (Å²) in [7, 11) is 3.20. The van der Waals surface area contributed by atoms with Gasteiger partial charge in [0.2, 0.25) is 5.60 Å². The number of amides is 1. The molecule has 2 aromatic heterocycles. The molecule has 0 aliphatic heterocycles. The summed E-state index contributed by atoms with van der Waals surface area (Å²) >= 11 is 0. The first-order valence-corrected chi connectivity index (χ1v) is 11.0. The van der Waals surface area contributed by atoms with E-state index in [0.29, 0.717) is 27.6 Å². The quantitative estimate of drug-likeness (QED) is 0.392. The van der Waals surface area contributed by atoms with Crippen molar-refractivity contribution in [1.82, 2.24) is 24.9 Å². The molecule has 0 saturated carbocycles. The Balaban J connectivity index is 1.75. The zero-order valence-corrected chi connectivity index (χ0v) is 19.7. The molecule has 1 N–H and O–H groups in total. The van der Waals surface area contributed by atoms with E-state index < -0.39 is 29.7 Å². The van der Waals surface area contributed by atoms with Gasteiger partial charge >= 0.3 is 6.18 Å². The van der Waals surface area contributed by atoms with Gasteiger partial charge < -0.3 is 10.0 Å². The molecular formula is C25H23F4N5O2. The van der Waals surface area contributed by atoms with Crippen molar-refractivity contribution in [2.24, 2.45) is 0 Å². The lowest BCUT2D eigenvalue weighted by Gasteiger charge is -2.26. The second kappa shape index (κ2) is 9.30. The first-order valence-electron chi connectivity index (χ1n) is 11.0. The number of aliphatic hydroxyl groups is 1. The molecule has 0 saturated heterocycles. The summed E-state index contributed by atoms with van der Waals surface area (Å²) in [6.45, 7) is 1.27. The van der Waals surface area contributed by atoms with Crippen LogP contribution < -0.4 is 0 Å². The van der Waals surface area contributed by atoms with Gasteiger partial charge in [0.1, 0.15) is 17.2 Å². The van der Waals surface area contributed by atoms with Crippen LogP contribution in [0.3, 0.4) is 0 Å². The van der Waals surface area contributed by atoms with Crippen LogP contribution in [-0.2, 0) is 12.1 Å². The first-order chi connectivity index (χ1) is 16.9. The number of benzene rings is 2. The van der Waals surface area contributed by atoms with Crippen molar-refractivity contribution in [3.8, 4) is 11.1 Å². The second-order valence-corrected chi connectivity index (χ2v) is 8.63. The number of rotatable bonds is 6. The molecule has 0 aliphatic carbocycles. The number of aromatic nitrogens is 4. The molecular weight excluding hydrogens is 478 g/mol. The van der Waals surface area contributed by atoms with Crippen LogP contribution in [0.25, 0.3) is 22.0 Å². The van der Waals surface area contributed by atoms with E-state index >= 15 is 0 Å². The average molecular weight is 501 g/mol. The predicted octanol–water partition coefficient (Wildman–Crippen LogP) is 4.54. The molecule has 0 fully saturated rings. The lowest BCUT2D eigenvalue weighted by atomic mass is 9.96. The number of halogens is 4. The summed E-state index contributed by atoms with van der Waals surface area (Å²) in [5.74, 6) is -0.714. The van der Waals surface area contributed by atoms with Crippen LogP contribution in [0.4, 0.5) is 17.6 Å². The zero-order chi connectivity index (χ0) is 26.3. The van der Waals surface area contributed by atoms with Crippen molar-refractivity contribution in [2.45, 2.75) is 31.7 Å². The van der Waals surface area contributed by atoms with Gasteiger partial charge in [0.05, 0.1) is 18.3 Å². The minimum atomic E-state index is -4.90. The maximum absolute atomic E-state index is 13.5. The molecule has 0 bridgehead atoms. The van der Waals surface area contributed by atoms with Gasteiger partial charge in [-0.15, -0.1) is 5.10 Å². The van der Waals surface area contributed by atoms with Gasteiger partial charge in [-0.05, 0) is 47.4 Å². The molecule has 0 unspecified atom stereocenters. The number of carbonyl (C=O) groups excluding carboxylic acids is 1. The minimum Gasteiger partial charge on any atom is -0.375 e. The van der Waals surface area contributed by atoms with E-state index in [1.165, 1.54) is 28.6 Å². The highest BCUT2D eigenvalue weighted by Gasteiger charge is 2.55. The molecule has 1 amide bonds. The third-order valence-corrected chi connectivity index (χ3v) is 5.94. The van der Waals surface area contributed by atoms with E-state index in [1.54, 1.807) is 50.5 Å². The number of fused-ring (bicyclic) bond motifs is 1. The fourth-order valence-corrected chi connectivity index (χ4v) is 3.86. The third kappa shape index (κ3) is 4.66. The van der Waals surface area contributed by atoms with Gasteiger partial charge in [0, 0.05) is 19.5 Å². The first kappa shape index (κ1) is 25.2. The molecule has 36 heavy (non-hydrogen) atoms. The molecule has 4 aromatic rings. The van der Waals surface area contributed by atoms with E-state index in [0.717, 1.165) is 6.20 Å². The molecule has 0 spiro atoms. The van der Waals surface area contributed by atoms with E-state index in [1.807, 2.05) is 0 Å². The highest BCUT2D eigenvalue weighted by molar-refractivity contribution is 6.01. The molecule has 188 valence electrons. The Morgan fingerprint density at radius 1 is 1.08 bits per heavy atom. The lowest BCUT2D eigenvalue weighted by Crippen LogP contribution is -2.42. The monoisotopic (exact) mass is 501 g/mol. The van der Waals surface area contributed by atoms with Gasteiger partial charge in [0.25, 0.3) is 5.91 Å². The Morgan fingerprint density at radius 3 is 2.39 bits per heavy atom. The number of carbonyl (C=O) groups is 1. The van der Waals surface area contributed by atoms with E-state index in [9.17, 15) is 27.5 Å². The van der Waals surface area contributed by atoms with E-state index in [4.69, 9.17) is 0 Å². The van der Waals surface area contributed by atoms with Crippen LogP contribution >= 0.6 is 0 Å². The third-order valence-electron chi connectivity index (χ3n) is 5.94. The van der Waals surface area contributed by atoms with Crippen molar-refractivity contribution >= 4 is 16.8 Å². The second-order valence-electron chi connectivity index (χ2n) is 8.63. The van der Waals surface area contributed by atoms with Crippen molar-refractivity contribution in [3.05, 3.63) is 77.5 Å².